The van der Waals surface area contributed by atoms with Crippen LogP contribution in [0.2, 0.25) is 0 Å². The Hall–Kier alpha value is -0.900. The molecule has 1 unspecified atom stereocenters. The lowest BCUT2D eigenvalue weighted by Crippen LogP contribution is -2.36. The Morgan fingerprint density at radius 1 is 1.35 bits per heavy atom. The molecule has 0 aliphatic heterocycles. The highest BCUT2D eigenvalue weighted by Gasteiger charge is 2.34. The molecular weight excluding hydrogens is 232 g/mol. The third-order valence-corrected chi connectivity index (χ3v) is 4.23. The predicted octanol–water partition coefficient (Wildman–Crippen LogP) is 3.39. The van der Waals surface area contributed by atoms with E-state index in [1.54, 1.807) is 18.4 Å². The SMILES string of the molecule is COCC(O)(c1cccc2ccsc12)C(C)C. The van der Waals surface area contributed by atoms with Gasteiger partial charge in [0.15, 0.2) is 0 Å². The molecule has 1 aromatic carbocycles. The molecule has 3 heteroatoms. The van der Waals surface area contributed by atoms with Crippen LogP contribution in [0.15, 0.2) is 29.6 Å². The normalized spacial score (nSPS) is 15.4. The summed E-state index contributed by atoms with van der Waals surface area (Å²) in [5, 5.41) is 14.1. The number of aliphatic hydroxyl groups is 1. The summed E-state index contributed by atoms with van der Waals surface area (Å²) in [6.07, 6.45) is 0. The van der Waals surface area contributed by atoms with Gasteiger partial charge in [-0.25, -0.2) is 0 Å². The van der Waals surface area contributed by atoms with Crippen molar-refractivity contribution in [2.45, 2.75) is 19.4 Å². The Morgan fingerprint density at radius 2 is 2.12 bits per heavy atom. The van der Waals surface area contributed by atoms with Crippen molar-refractivity contribution in [2.75, 3.05) is 13.7 Å². The molecular formula is C14H18O2S. The molecule has 0 bridgehead atoms. The van der Waals surface area contributed by atoms with Crippen LogP contribution in [0.3, 0.4) is 0 Å². The maximum Gasteiger partial charge on any atom is 0.116 e. The fourth-order valence-electron chi connectivity index (χ4n) is 2.11. The largest absolute Gasteiger partial charge is 0.382 e. The quantitative estimate of drug-likeness (QED) is 0.901. The highest BCUT2D eigenvalue weighted by Crippen LogP contribution is 2.37. The van der Waals surface area contributed by atoms with Crippen LogP contribution < -0.4 is 0 Å². The maximum atomic E-state index is 10.9. The minimum atomic E-state index is -0.918. The summed E-state index contributed by atoms with van der Waals surface area (Å²) in [6.45, 7) is 4.36. The third kappa shape index (κ3) is 2.10. The standard InChI is InChI=1S/C14H18O2S/c1-10(2)14(15,9-16-3)12-6-4-5-11-7-8-17-13(11)12/h4-8,10,15H,9H2,1-3H3. The lowest BCUT2D eigenvalue weighted by Gasteiger charge is -2.32. The molecule has 1 heterocycles. The molecule has 1 aromatic heterocycles. The Kier molecular flexibility index (Phi) is 3.52. The topological polar surface area (TPSA) is 29.5 Å². The van der Waals surface area contributed by atoms with Crippen LogP contribution in [0.25, 0.3) is 10.1 Å². The summed E-state index contributed by atoms with van der Waals surface area (Å²) in [6, 6.07) is 8.14. The number of rotatable bonds is 4. The number of fused-ring (bicyclic) bond motifs is 1. The van der Waals surface area contributed by atoms with E-state index in [0.29, 0.717) is 6.61 Å². The van der Waals surface area contributed by atoms with Gasteiger partial charge in [-0.05, 0) is 22.8 Å². The maximum absolute atomic E-state index is 10.9. The Labute approximate surface area is 106 Å². The van der Waals surface area contributed by atoms with Gasteiger partial charge in [0.1, 0.15) is 5.60 Å². The van der Waals surface area contributed by atoms with Gasteiger partial charge in [0, 0.05) is 17.4 Å². The summed E-state index contributed by atoms with van der Waals surface area (Å²) in [4.78, 5) is 0. The molecule has 0 radical (unpaired) electrons. The van der Waals surface area contributed by atoms with Gasteiger partial charge in [-0.3, -0.25) is 0 Å². The van der Waals surface area contributed by atoms with Gasteiger partial charge in [-0.2, -0.15) is 0 Å². The van der Waals surface area contributed by atoms with Gasteiger partial charge < -0.3 is 9.84 Å². The zero-order chi connectivity index (χ0) is 12.5. The molecule has 0 fully saturated rings. The summed E-state index contributed by atoms with van der Waals surface area (Å²) in [5.41, 5.74) is 0.0564. The minimum absolute atomic E-state index is 0.107. The van der Waals surface area contributed by atoms with Crippen molar-refractivity contribution in [3.8, 4) is 0 Å². The van der Waals surface area contributed by atoms with E-state index >= 15 is 0 Å². The fraction of sp³-hybridized carbons (Fsp3) is 0.429. The van der Waals surface area contributed by atoms with Crippen LogP contribution in [-0.2, 0) is 10.3 Å². The molecule has 2 aromatic rings. The molecule has 0 saturated carbocycles. The predicted molar refractivity (Wildman–Crippen MR) is 72.4 cm³/mol. The molecule has 0 aliphatic rings. The van der Waals surface area contributed by atoms with E-state index < -0.39 is 5.60 Å². The van der Waals surface area contributed by atoms with Gasteiger partial charge in [-0.1, -0.05) is 32.0 Å². The Bertz CT molecular complexity index is 504. The van der Waals surface area contributed by atoms with Gasteiger partial charge in [0.25, 0.3) is 0 Å². The highest BCUT2D eigenvalue weighted by molar-refractivity contribution is 7.17. The third-order valence-electron chi connectivity index (χ3n) is 3.26. The molecule has 0 amide bonds. The highest BCUT2D eigenvalue weighted by atomic mass is 32.1. The van der Waals surface area contributed by atoms with Crippen molar-refractivity contribution in [3.63, 3.8) is 0 Å². The summed E-state index contributed by atoms with van der Waals surface area (Å²) in [7, 11) is 1.63. The van der Waals surface area contributed by atoms with Crippen LogP contribution in [-0.4, -0.2) is 18.8 Å². The van der Waals surface area contributed by atoms with E-state index in [0.717, 1.165) is 10.3 Å². The van der Waals surface area contributed by atoms with E-state index in [1.807, 2.05) is 26.0 Å². The summed E-state index contributed by atoms with van der Waals surface area (Å²) in [5.74, 6) is 0.107. The molecule has 92 valence electrons. The lowest BCUT2D eigenvalue weighted by atomic mass is 9.83. The van der Waals surface area contributed by atoms with E-state index in [2.05, 4.69) is 17.5 Å². The smallest absolute Gasteiger partial charge is 0.116 e. The average Bonchev–Trinajstić information content (AvgIpc) is 2.76. The fourth-order valence-corrected chi connectivity index (χ4v) is 3.10. The van der Waals surface area contributed by atoms with E-state index in [-0.39, 0.29) is 5.92 Å². The second kappa shape index (κ2) is 4.77. The Morgan fingerprint density at radius 3 is 2.76 bits per heavy atom. The minimum Gasteiger partial charge on any atom is -0.382 e. The monoisotopic (exact) mass is 250 g/mol. The number of benzene rings is 1. The van der Waals surface area contributed by atoms with Crippen molar-refractivity contribution >= 4 is 21.4 Å². The first kappa shape index (κ1) is 12.6. The average molecular weight is 250 g/mol. The first-order valence-electron chi connectivity index (χ1n) is 5.77. The molecule has 1 N–H and O–H groups in total. The lowest BCUT2D eigenvalue weighted by molar-refractivity contribution is -0.0688. The van der Waals surface area contributed by atoms with Crippen LogP contribution in [0.4, 0.5) is 0 Å². The molecule has 0 aliphatic carbocycles. The second-order valence-electron chi connectivity index (χ2n) is 4.66. The zero-order valence-corrected chi connectivity index (χ0v) is 11.3. The zero-order valence-electron chi connectivity index (χ0n) is 10.4. The van der Waals surface area contributed by atoms with Crippen molar-refractivity contribution < 1.29 is 9.84 Å². The first-order chi connectivity index (χ1) is 8.09. The molecule has 17 heavy (non-hydrogen) atoms. The van der Waals surface area contributed by atoms with Gasteiger partial charge in [0.2, 0.25) is 0 Å². The first-order valence-corrected chi connectivity index (χ1v) is 6.65. The van der Waals surface area contributed by atoms with Crippen molar-refractivity contribution in [1.82, 2.24) is 0 Å². The van der Waals surface area contributed by atoms with Gasteiger partial charge in [-0.15, -0.1) is 11.3 Å². The van der Waals surface area contributed by atoms with Crippen molar-refractivity contribution in [3.05, 3.63) is 35.2 Å². The van der Waals surface area contributed by atoms with Crippen LogP contribution in [0, 0.1) is 5.92 Å². The van der Waals surface area contributed by atoms with E-state index in [9.17, 15) is 5.11 Å². The number of ether oxygens (including phenoxy) is 1. The molecule has 0 spiro atoms. The van der Waals surface area contributed by atoms with Crippen LogP contribution in [0.1, 0.15) is 19.4 Å². The molecule has 2 rings (SSSR count). The van der Waals surface area contributed by atoms with E-state index in [4.69, 9.17) is 4.74 Å². The molecule has 0 saturated heterocycles. The van der Waals surface area contributed by atoms with Crippen molar-refractivity contribution in [1.29, 1.82) is 0 Å². The van der Waals surface area contributed by atoms with Crippen LogP contribution >= 0.6 is 11.3 Å². The van der Waals surface area contributed by atoms with Gasteiger partial charge >= 0.3 is 0 Å². The Balaban J connectivity index is 2.59. The number of methoxy groups -OCH3 is 1. The summed E-state index contributed by atoms with van der Waals surface area (Å²) >= 11 is 1.67. The second-order valence-corrected chi connectivity index (χ2v) is 5.57. The number of thiophene rings is 1. The van der Waals surface area contributed by atoms with Gasteiger partial charge in [0.05, 0.1) is 6.61 Å². The van der Waals surface area contributed by atoms with Crippen molar-refractivity contribution in [2.24, 2.45) is 5.92 Å². The van der Waals surface area contributed by atoms with Crippen LogP contribution in [0.5, 0.6) is 0 Å². The molecule has 2 nitrogen and oxygen atoms in total. The summed E-state index contributed by atoms with van der Waals surface area (Å²) < 4.78 is 6.36. The number of hydrogen-bond acceptors (Lipinski definition) is 3. The number of hydrogen-bond donors (Lipinski definition) is 1. The van der Waals surface area contributed by atoms with E-state index in [1.165, 1.54) is 5.39 Å². The molecule has 1 atom stereocenters.